The fourth-order valence-corrected chi connectivity index (χ4v) is 2.32. The Morgan fingerprint density at radius 2 is 2.17 bits per heavy atom. The Morgan fingerprint density at radius 3 is 2.72 bits per heavy atom. The zero-order chi connectivity index (χ0) is 13.9. The summed E-state index contributed by atoms with van der Waals surface area (Å²) in [5.41, 5.74) is 1.69. The Hall–Kier alpha value is -1.22. The van der Waals surface area contributed by atoms with Crippen LogP contribution in [0.3, 0.4) is 0 Å². The van der Waals surface area contributed by atoms with Crippen molar-refractivity contribution in [2.24, 2.45) is 11.8 Å². The fourth-order valence-electron chi connectivity index (χ4n) is 2.32. The van der Waals surface area contributed by atoms with Gasteiger partial charge in [0.05, 0.1) is 6.10 Å². The van der Waals surface area contributed by atoms with Gasteiger partial charge in [-0.25, -0.2) is 0 Å². The summed E-state index contributed by atoms with van der Waals surface area (Å²) in [6, 6.07) is 0. The van der Waals surface area contributed by atoms with Crippen molar-refractivity contribution in [1.29, 1.82) is 0 Å². The SMILES string of the molecule is CC(C)=CC(=O)CC(C)[C@@H]1C[C@@H](O)C(C)=CC1=O. The maximum Gasteiger partial charge on any atom is 0.159 e. The molecule has 0 aromatic carbocycles. The number of aliphatic hydroxyl groups excluding tert-OH is 1. The zero-order valence-corrected chi connectivity index (χ0v) is 11.6. The van der Waals surface area contributed by atoms with Gasteiger partial charge in [-0.2, -0.15) is 0 Å². The lowest BCUT2D eigenvalue weighted by Gasteiger charge is -2.28. The van der Waals surface area contributed by atoms with Crippen LogP contribution in [0.4, 0.5) is 0 Å². The third-order valence-corrected chi connectivity index (χ3v) is 3.40. The lowest BCUT2D eigenvalue weighted by molar-refractivity contribution is -0.122. The van der Waals surface area contributed by atoms with Crippen molar-refractivity contribution in [1.82, 2.24) is 0 Å². The molecule has 0 amide bonds. The van der Waals surface area contributed by atoms with E-state index in [2.05, 4.69) is 0 Å². The first-order valence-electron chi connectivity index (χ1n) is 6.39. The monoisotopic (exact) mass is 250 g/mol. The third kappa shape index (κ3) is 3.91. The van der Waals surface area contributed by atoms with Crippen LogP contribution in [0.5, 0.6) is 0 Å². The molecule has 3 heteroatoms. The first-order valence-corrected chi connectivity index (χ1v) is 6.39. The highest BCUT2D eigenvalue weighted by Gasteiger charge is 2.31. The van der Waals surface area contributed by atoms with Gasteiger partial charge in [0, 0.05) is 12.3 Å². The molecule has 0 aromatic rings. The number of rotatable bonds is 4. The summed E-state index contributed by atoms with van der Waals surface area (Å²) in [6.45, 7) is 7.42. The summed E-state index contributed by atoms with van der Waals surface area (Å²) in [4.78, 5) is 23.6. The molecule has 100 valence electrons. The first-order chi connectivity index (χ1) is 8.31. The summed E-state index contributed by atoms with van der Waals surface area (Å²) in [5.74, 6) is -0.177. The number of aliphatic hydroxyl groups is 1. The maximum absolute atomic E-state index is 11.9. The molecule has 0 heterocycles. The van der Waals surface area contributed by atoms with Crippen molar-refractivity contribution in [3.05, 3.63) is 23.3 Å². The van der Waals surface area contributed by atoms with E-state index in [1.54, 1.807) is 13.0 Å². The molecular weight excluding hydrogens is 228 g/mol. The Labute approximate surface area is 109 Å². The summed E-state index contributed by atoms with van der Waals surface area (Å²) >= 11 is 0. The lowest BCUT2D eigenvalue weighted by atomic mass is 9.77. The van der Waals surface area contributed by atoms with Gasteiger partial charge in [0.15, 0.2) is 11.6 Å². The second-order valence-electron chi connectivity index (χ2n) is 5.52. The van der Waals surface area contributed by atoms with E-state index in [9.17, 15) is 14.7 Å². The Balaban J connectivity index is 2.68. The minimum absolute atomic E-state index is 0.0281. The molecule has 0 bridgehead atoms. The minimum atomic E-state index is -0.547. The molecule has 3 atom stereocenters. The number of hydrogen-bond acceptors (Lipinski definition) is 3. The van der Waals surface area contributed by atoms with E-state index in [1.807, 2.05) is 20.8 Å². The van der Waals surface area contributed by atoms with Crippen molar-refractivity contribution in [3.8, 4) is 0 Å². The van der Waals surface area contributed by atoms with Crippen LogP contribution in [0.15, 0.2) is 23.3 Å². The molecule has 0 fully saturated rings. The summed E-state index contributed by atoms with van der Waals surface area (Å²) in [6.07, 6.45) is 3.38. The smallest absolute Gasteiger partial charge is 0.159 e. The van der Waals surface area contributed by atoms with Crippen LogP contribution in [0.1, 0.15) is 40.5 Å². The van der Waals surface area contributed by atoms with Crippen LogP contribution in [0, 0.1) is 11.8 Å². The molecule has 18 heavy (non-hydrogen) atoms. The molecule has 3 nitrogen and oxygen atoms in total. The van der Waals surface area contributed by atoms with E-state index in [0.717, 1.165) is 11.1 Å². The van der Waals surface area contributed by atoms with E-state index in [4.69, 9.17) is 0 Å². The molecule has 0 aromatic heterocycles. The van der Waals surface area contributed by atoms with Gasteiger partial charge in [-0.15, -0.1) is 0 Å². The highest BCUT2D eigenvalue weighted by molar-refractivity contribution is 5.95. The van der Waals surface area contributed by atoms with Crippen LogP contribution in [-0.4, -0.2) is 22.8 Å². The van der Waals surface area contributed by atoms with Gasteiger partial charge in [-0.1, -0.05) is 12.5 Å². The quantitative estimate of drug-likeness (QED) is 0.780. The second-order valence-corrected chi connectivity index (χ2v) is 5.52. The molecule has 1 N–H and O–H groups in total. The molecule has 1 unspecified atom stereocenters. The van der Waals surface area contributed by atoms with E-state index in [0.29, 0.717) is 12.8 Å². The Kier molecular flexibility index (Phi) is 5.03. The van der Waals surface area contributed by atoms with Crippen molar-refractivity contribution >= 4 is 11.6 Å². The summed E-state index contributed by atoms with van der Waals surface area (Å²) in [5, 5.41) is 9.78. The van der Waals surface area contributed by atoms with Gasteiger partial charge in [0.1, 0.15) is 0 Å². The minimum Gasteiger partial charge on any atom is -0.389 e. The van der Waals surface area contributed by atoms with Crippen molar-refractivity contribution in [3.63, 3.8) is 0 Å². The highest BCUT2D eigenvalue weighted by Crippen LogP contribution is 2.29. The van der Waals surface area contributed by atoms with Gasteiger partial charge in [0.2, 0.25) is 0 Å². The van der Waals surface area contributed by atoms with E-state index in [-0.39, 0.29) is 23.4 Å². The molecule has 1 aliphatic rings. The summed E-state index contributed by atoms with van der Waals surface area (Å²) in [7, 11) is 0. The van der Waals surface area contributed by atoms with Gasteiger partial charge < -0.3 is 5.11 Å². The largest absolute Gasteiger partial charge is 0.389 e. The third-order valence-electron chi connectivity index (χ3n) is 3.40. The van der Waals surface area contributed by atoms with E-state index >= 15 is 0 Å². The van der Waals surface area contributed by atoms with Gasteiger partial charge in [0.25, 0.3) is 0 Å². The fraction of sp³-hybridized carbons (Fsp3) is 0.600. The average molecular weight is 250 g/mol. The normalized spacial score (nSPS) is 25.4. The number of carbonyl (C=O) groups is 2. The molecule has 1 aliphatic carbocycles. The van der Waals surface area contributed by atoms with Crippen molar-refractivity contribution < 1.29 is 14.7 Å². The number of hydrogen-bond donors (Lipinski definition) is 1. The predicted octanol–water partition coefficient (Wildman–Crippen LogP) is 2.44. The van der Waals surface area contributed by atoms with Gasteiger partial charge in [-0.05, 0) is 50.8 Å². The zero-order valence-electron chi connectivity index (χ0n) is 11.6. The molecular formula is C15H22O3. The van der Waals surface area contributed by atoms with Crippen LogP contribution < -0.4 is 0 Å². The van der Waals surface area contributed by atoms with Crippen LogP contribution in [0.2, 0.25) is 0 Å². The van der Waals surface area contributed by atoms with Crippen LogP contribution in [0.25, 0.3) is 0 Å². The van der Waals surface area contributed by atoms with Gasteiger partial charge in [-0.3, -0.25) is 9.59 Å². The standard InChI is InChI=1S/C15H22O3/c1-9(2)5-12(16)6-10(3)13-8-14(17)11(4)7-15(13)18/h5,7,10,13-14,17H,6,8H2,1-4H3/t10?,13-,14+/m0/s1. The Bertz CT molecular complexity index is 400. The lowest BCUT2D eigenvalue weighted by Crippen LogP contribution is -2.31. The molecule has 0 aliphatic heterocycles. The van der Waals surface area contributed by atoms with Crippen LogP contribution >= 0.6 is 0 Å². The molecule has 0 saturated carbocycles. The van der Waals surface area contributed by atoms with Crippen molar-refractivity contribution in [2.75, 3.05) is 0 Å². The Morgan fingerprint density at radius 1 is 1.56 bits per heavy atom. The number of carbonyl (C=O) groups excluding carboxylic acids is 2. The molecule has 0 spiro atoms. The second kappa shape index (κ2) is 6.10. The van der Waals surface area contributed by atoms with Gasteiger partial charge >= 0.3 is 0 Å². The first kappa shape index (κ1) is 14.8. The average Bonchev–Trinajstić information content (AvgIpc) is 2.21. The molecule has 1 rings (SSSR count). The predicted molar refractivity (Wildman–Crippen MR) is 71.1 cm³/mol. The highest BCUT2D eigenvalue weighted by atomic mass is 16.3. The van der Waals surface area contributed by atoms with E-state index < -0.39 is 6.10 Å². The summed E-state index contributed by atoms with van der Waals surface area (Å²) < 4.78 is 0. The number of ketones is 2. The maximum atomic E-state index is 11.9. The van der Waals surface area contributed by atoms with Crippen molar-refractivity contribution in [2.45, 2.75) is 46.6 Å². The molecule has 0 radical (unpaired) electrons. The number of allylic oxidation sites excluding steroid dienone is 3. The molecule has 0 saturated heterocycles. The van der Waals surface area contributed by atoms with Crippen LogP contribution in [-0.2, 0) is 9.59 Å². The van der Waals surface area contributed by atoms with E-state index in [1.165, 1.54) is 6.08 Å². The topological polar surface area (TPSA) is 54.4 Å².